The standard InChI is InChI=1S/C57H58N6O13S/c1-4-57(41-26-44-47-33(25-32-13-5-10-18-42(32)61-47)28-63(44)53(69)50(41)72-30-45(57)64)76-46(65)27-59-52(68)43(62-55(77)60-34-20-22-35(23-21-34)75-54-49(67)51(71-3)48(66)31(2)74-54)19-11-12-24-58-56(70)73-29-40-38-16-8-6-14-36(38)37-15-7-9-17-39(37)40/h5-10,13-18,20-23,25-26,31,40,43,48-49,51,54,66-67H,4,11-12,19,24,27-30H2,1-3H3,(H,58,70)(H,59,68)(H2,60,62,77)/t31-,43-,48+,49-,51+,54+,57-/m0/s1. The smallest absolute Gasteiger partial charge is 0.407 e. The van der Waals surface area contributed by atoms with Crippen molar-refractivity contribution in [3.8, 4) is 34.0 Å². The highest BCUT2D eigenvalue weighted by atomic mass is 32.1. The Balaban J connectivity index is 0.787. The quantitative estimate of drug-likeness (QED) is 0.0370. The van der Waals surface area contributed by atoms with Crippen molar-refractivity contribution in [3.63, 3.8) is 0 Å². The van der Waals surface area contributed by atoms with Gasteiger partial charge >= 0.3 is 12.1 Å². The normalized spacial score (nSPS) is 21.3. The van der Waals surface area contributed by atoms with Gasteiger partial charge in [0.2, 0.25) is 23.6 Å². The molecule has 4 aromatic carbocycles. The molecular weight excluding hydrogens is 1010 g/mol. The number of benzene rings is 4. The molecule has 0 saturated carbocycles. The van der Waals surface area contributed by atoms with Crippen LogP contribution in [0.2, 0.25) is 0 Å². The SMILES string of the molecule is CC[C@@]1(OC(=O)CNC(=O)[C@H](CCCCNC(=O)OCC2c3ccccc3-c3ccccc32)NC(=S)Nc2ccc(O[C@H]3O[C@@H](C)[C@@H](O)[C@@H](OC)[C@@H]3O)cc2)C(=O)COc2c1cc1n(c2=O)Cc2cc3ccccc3nc2-1. The van der Waals surface area contributed by atoms with E-state index in [1.165, 1.54) is 11.7 Å². The van der Waals surface area contributed by atoms with Gasteiger partial charge in [-0.25, -0.2) is 9.78 Å². The number of carbonyl (C=O) groups excluding carboxylic acids is 4. The molecule has 1 aliphatic carbocycles. The summed E-state index contributed by atoms with van der Waals surface area (Å²) in [5.74, 6) is -1.98. The number of pyridine rings is 2. The topological polar surface area (TPSA) is 247 Å². The maximum Gasteiger partial charge on any atom is 0.407 e. The minimum absolute atomic E-state index is 0.0297. The van der Waals surface area contributed by atoms with Gasteiger partial charge in [0.15, 0.2) is 17.5 Å². The highest BCUT2D eigenvalue weighted by Crippen LogP contribution is 2.45. The molecule has 10 rings (SSSR count). The second-order valence-corrected chi connectivity index (χ2v) is 19.8. The maximum atomic E-state index is 14.1. The predicted octanol–water partition coefficient (Wildman–Crippen LogP) is 5.58. The lowest BCUT2D eigenvalue weighted by molar-refractivity contribution is -0.272. The van der Waals surface area contributed by atoms with Gasteiger partial charge in [0.1, 0.15) is 43.3 Å². The number of unbranched alkanes of at least 4 members (excludes halogenated alkanes) is 1. The molecule has 3 aliphatic heterocycles. The van der Waals surface area contributed by atoms with E-state index >= 15 is 0 Å². The summed E-state index contributed by atoms with van der Waals surface area (Å²) in [4.78, 5) is 73.6. The third-order valence-corrected chi connectivity index (χ3v) is 14.8. The Hall–Kier alpha value is -7.75. The molecule has 1 saturated heterocycles. The number of aliphatic hydroxyl groups excluding tert-OH is 2. The van der Waals surface area contributed by atoms with Crippen molar-refractivity contribution in [3.05, 3.63) is 142 Å². The van der Waals surface area contributed by atoms with Crippen LogP contribution in [-0.2, 0) is 45.5 Å². The Bertz CT molecular complexity index is 3270. The van der Waals surface area contributed by atoms with Gasteiger partial charge < -0.3 is 59.9 Å². The van der Waals surface area contributed by atoms with Crippen LogP contribution < -0.4 is 36.3 Å². The number of Topliss-reactive ketones (excluding diaryl/α,β-unsaturated/α-hetero) is 1. The lowest BCUT2D eigenvalue weighted by Crippen LogP contribution is -2.59. The summed E-state index contributed by atoms with van der Waals surface area (Å²) in [6.45, 7) is 2.80. The number of aliphatic hydroxyl groups is 2. The van der Waals surface area contributed by atoms with Gasteiger partial charge in [-0.05, 0) is 110 Å². The first-order valence-corrected chi connectivity index (χ1v) is 26.0. The van der Waals surface area contributed by atoms with Crippen LogP contribution >= 0.6 is 12.2 Å². The highest BCUT2D eigenvalue weighted by molar-refractivity contribution is 7.80. The molecule has 7 atom stereocenters. The molecule has 1 fully saturated rings. The third kappa shape index (κ3) is 10.6. The molecule has 4 aliphatic rings. The van der Waals surface area contributed by atoms with Gasteiger partial charge in [-0.3, -0.25) is 23.7 Å². The molecule has 2 amide bonds. The van der Waals surface area contributed by atoms with Crippen LogP contribution in [0, 0.1) is 0 Å². The number of ketones is 1. The lowest BCUT2D eigenvalue weighted by atomic mass is 9.84. The molecule has 0 radical (unpaired) electrons. The number of anilines is 1. The van der Waals surface area contributed by atoms with E-state index < -0.39 is 84.8 Å². The lowest BCUT2D eigenvalue weighted by Gasteiger charge is -2.40. The van der Waals surface area contributed by atoms with E-state index in [1.807, 2.05) is 66.7 Å². The van der Waals surface area contributed by atoms with Gasteiger partial charge in [-0.1, -0.05) is 73.7 Å². The second-order valence-electron chi connectivity index (χ2n) is 19.4. The number of esters is 1. The van der Waals surface area contributed by atoms with Gasteiger partial charge in [-0.15, -0.1) is 0 Å². The summed E-state index contributed by atoms with van der Waals surface area (Å²) in [7, 11) is 1.38. The monoisotopic (exact) mass is 1070 g/mol. The Kier molecular flexibility index (Phi) is 15.4. The van der Waals surface area contributed by atoms with Crippen LogP contribution in [0.25, 0.3) is 33.4 Å². The van der Waals surface area contributed by atoms with E-state index in [9.17, 15) is 34.2 Å². The fourth-order valence-corrected chi connectivity index (χ4v) is 10.9. The number of hydrogen-bond acceptors (Lipinski definition) is 15. The average molecular weight is 1070 g/mol. The van der Waals surface area contributed by atoms with Crippen LogP contribution in [0.15, 0.2) is 114 Å². The zero-order valence-electron chi connectivity index (χ0n) is 42.5. The number of methoxy groups -OCH3 is 1. The van der Waals surface area contributed by atoms with E-state index in [4.69, 9.17) is 45.6 Å². The number of nitrogens with zero attached hydrogens (tertiary/aromatic N) is 2. The predicted molar refractivity (Wildman–Crippen MR) is 286 cm³/mol. The number of aromatic nitrogens is 2. The van der Waals surface area contributed by atoms with Crippen LogP contribution in [0.3, 0.4) is 0 Å². The zero-order chi connectivity index (χ0) is 54.0. The molecule has 6 N–H and O–H groups in total. The number of ether oxygens (including phenoxy) is 6. The van der Waals surface area contributed by atoms with Crippen molar-refractivity contribution in [2.45, 2.75) is 94.3 Å². The molecule has 0 spiro atoms. The largest absolute Gasteiger partial charge is 0.479 e. The molecular formula is C57H58N6O13S. The van der Waals surface area contributed by atoms with Crippen molar-refractivity contribution < 1.29 is 57.8 Å². The number of fused-ring (bicyclic) bond motifs is 8. The van der Waals surface area contributed by atoms with E-state index in [0.717, 1.165) is 38.7 Å². The van der Waals surface area contributed by atoms with Crippen LogP contribution in [0.4, 0.5) is 10.5 Å². The molecule has 5 heterocycles. The van der Waals surface area contributed by atoms with Crippen LogP contribution in [-0.4, -0.2) is 119 Å². The van der Waals surface area contributed by atoms with Crippen molar-refractivity contribution in [2.24, 2.45) is 0 Å². The minimum Gasteiger partial charge on any atom is -0.479 e. The van der Waals surface area contributed by atoms with Crippen molar-refractivity contribution in [1.82, 2.24) is 25.5 Å². The van der Waals surface area contributed by atoms with Gasteiger partial charge in [0.25, 0.3) is 5.56 Å². The Morgan fingerprint density at radius 1 is 0.909 bits per heavy atom. The first-order valence-electron chi connectivity index (χ1n) is 25.6. The molecule has 2 aromatic heterocycles. The number of para-hydroxylation sites is 1. The zero-order valence-corrected chi connectivity index (χ0v) is 43.3. The van der Waals surface area contributed by atoms with Crippen molar-refractivity contribution >= 4 is 57.7 Å². The van der Waals surface area contributed by atoms with Crippen LogP contribution in [0.5, 0.6) is 11.5 Å². The van der Waals surface area contributed by atoms with Crippen LogP contribution in [0.1, 0.15) is 67.7 Å². The maximum absolute atomic E-state index is 14.1. The van der Waals surface area contributed by atoms with E-state index in [1.54, 1.807) is 44.2 Å². The highest BCUT2D eigenvalue weighted by Gasteiger charge is 2.50. The van der Waals surface area contributed by atoms with Gasteiger partial charge in [0, 0.05) is 36.2 Å². The Morgan fingerprint density at radius 3 is 2.35 bits per heavy atom. The molecule has 77 heavy (non-hydrogen) atoms. The first kappa shape index (κ1) is 52.7. The first-order chi connectivity index (χ1) is 37.3. The fourth-order valence-electron chi connectivity index (χ4n) is 10.6. The average Bonchev–Trinajstić information content (AvgIpc) is 4.21. The molecule has 19 nitrogen and oxygen atoms in total. The minimum atomic E-state index is -1.90. The Morgan fingerprint density at radius 2 is 1.62 bits per heavy atom. The summed E-state index contributed by atoms with van der Waals surface area (Å²) < 4.78 is 35.9. The Labute approximate surface area is 448 Å². The molecule has 0 bridgehead atoms. The number of thiocarbonyl (C=S) groups is 1. The second kappa shape index (κ2) is 22.5. The number of nitrogens with one attached hydrogen (secondary N) is 4. The molecule has 20 heteroatoms. The number of hydrogen-bond donors (Lipinski definition) is 6. The summed E-state index contributed by atoms with van der Waals surface area (Å²) in [5.41, 5.74) is 5.22. The fraction of sp³-hybridized carbons (Fsp3) is 0.351. The number of amides is 2. The molecule has 0 unspecified atom stereocenters. The van der Waals surface area contributed by atoms with E-state index in [2.05, 4.69) is 33.4 Å². The summed E-state index contributed by atoms with van der Waals surface area (Å²) in [6.07, 6.45) is -4.57. The summed E-state index contributed by atoms with van der Waals surface area (Å²) in [6, 6.07) is 32.9. The number of carbonyl (C=O) groups is 4. The number of rotatable bonds is 17. The van der Waals surface area contributed by atoms with E-state index in [0.29, 0.717) is 35.7 Å². The van der Waals surface area contributed by atoms with E-state index in [-0.39, 0.29) is 54.9 Å². The molecule has 6 aromatic rings. The van der Waals surface area contributed by atoms with Crippen molar-refractivity contribution in [1.29, 1.82) is 0 Å². The molecule has 400 valence electrons. The van der Waals surface area contributed by atoms with Gasteiger partial charge in [0.05, 0.1) is 35.1 Å². The summed E-state index contributed by atoms with van der Waals surface area (Å²) >= 11 is 5.67. The van der Waals surface area contributed by atoms with Gasteiger partial charge in [-0.2, -0.15) is 0 Å². The van der Waals surface area contributed by atoms with Crippen molar-refractivity contribution in [2.75, 3.05) is 38.7 Å². The summed E-state index contributed by atoms with van der Waals surface area (Å²) in [5, 5.41) is 33.6. The number of alkyl carbamates (subject to hydrolysis) is 1. The third-order valence-electron chi connectivity index (χ3n) is 14.6.